The third kappa shape index (κ3) is 2.69. The third-order valence-electron chi connectivity index (χ3n) is 3.29. The Bertz CT molecular complexity index is 645. The summed E-state index contributed by atoms with van der Waals surface area (Å²) in [5.74, 6) is 0. The highest BCUT2D eigenvalue weighted by atomic mass is 15.1. The van der Waals surface area contributed by atoms with Crippen LogP contribution in [-0.4, -0.2) is 15.2 Å². The molecule has 0 amide bonds. The molecule has 2 heterocycles. The fraction of sp³-hybridized carbons (Fsp3) is 0.125. The Morgan fingerprint density at radius 1 is 0.950 bits per heavy atom. The topological polar surface area (TPSA) is 53.6 Å². The smallest absolute Gasteiger partial charge is 0.0650 e. The second-order valence-electron chi connectivity index (χ2n) is 4.69. The van der Waals surface area contributed by atoms with Crippen molar-refractivity contribution in [1.82, 2.24) is 15.2 Å². The van der Waals surface area contributed by atoms with E-state index in [4.69, 9.17) is 0 Å². The Morgan fingerprint density at radius 2 is 1.70 bits per heavy atom. The molecule has 1 atom stereocenters. The molecule has 0 saturated carbocycles. The predicted octanol–water partition coefficient (Wildman–Crippen LogP) is 3.64. The highest BCUT2D eigenvalue weighted by Gasteiger charge is 2.05. The molecule has 0 aliphatic heterocycles. The molecular weight excluding hydrogens is 248 g/mol. The number of anilines is 1. The molecule has 2 aromatic heterocycles. The number of hydrogen-bond donors (Lipinski definition) is 2. The lowest BCUT2D eigenvalue weighted by Crippen LogP contribution is -2.06. The van der Waals surface area contributed by atoms with Gasteiger partial charge in [-0.05, 0) is 48.4 Å². The van der Waals surface area contributed by atoms with Crippen molar-refractivity contribution in [3.8, 4) is 11.3 Å². The van der Waals surface area contributed by atoms with E-state index in [0.717, 1.165) is 16.9 Å². The summed E-state index contributed by atoms with van der Waals surface area (Å²) in [7, 11) is 0. The van der Waals surface area contributed by atoms with Crippen molar-refractivity contribution in [2.45, 2.75) is 13.0 Å². The summed E-state index contributed by atoms with van der Waals surface area (Å²) in [6.45, 7) is 2.14. The first-order valence-electron chi connectivity index (χ1n) is 6.59. The van der Waals surface area contributed by atoms with Crippen molar-refractivity contribution in [1.29, 1.82) is 0 Å². The number of benzene rings is 1. The van der Waals surface area contributed by atoms with Crippen molar-refractivity contribution in [3.05, 3.63) is 66.6 Å². The van der Waals surface area contributed by atoms with Gasteiger partial charge >= 0.3 is 0 Å². The van der Waals surface area contributed by atoms with E-state index in [-0.39, 0.29) is 6.04 Å². The van der Waals surface area contributed by atoms with Gasteiger partial charge in [-0.15, -0.1) is 0 Å². The molecule has 0 saturated heterocycles. The molecule has 0 aliphatic carbocycles. The molecule has 0 spiro atoms. The zero-order chi connectivity index (χ0) is 13.8. The van der Waals surface area contributed by atoms with Crippen molar-refractivity contribution in [2.75, 3.05) is 5.32 Å². The van der Waals surface area contributed by atoms with E-state index < -0.39 is 0 Å². The molecule has 0 radical (unpaired) electrons. The van der Waals surface area contributed by atoms with Gasteiger partial charge in [0, 0.05) is 30.3 Å². The van der Waals surface area contributed by atoms with Gasteiger partial charge in [-0.25, -0.2) is 0 Å². The van der Waals surface area contributed by atoms with Gasteiger partial charge in [0.15, 0.2) is 0 Å². The molecule has 3 rings (SSSR count). The Morgan fingerprint density at radius 3 is 2.35 bits per heavy atom. The van der Waals surface area contributed by atoms with Crippen LogP contribution in [0.25, 0.3) is 11.3 Å². The molecule has 100 valence electrons. The number of aromatic amines is 1. The van der Waals surface area contributed by atoms with E-state index in [1.807, 2.05) is 30.6 Å². The maximum absolute atomic E-state index is 4.04. The molecule has 4 nitrogen and oxygen atoms in total. The first-order chi connectivity index (χ1) is 9.83. The van der Waals surface area contributed by atoms with E-state index in [1.54, 1.807) is 6.20 Å². The number of hydrogen-bond acceptors (Lipinski definition) is 3. The molecular formula is C16H16N4. The van der Waals surface area contributed by atoms with E-state index in [1.165, 1.54) is 5.56 Å². The Balaban J connectivity index is 1.72. The highest BCUT2D eigenvalue weighted by molar-refractivity contribution is 5.62. The Labute approximate surface area is 117 Å². The molecule has 4 heteroatoms. The van der Waals surface area contributed by atoms with Crippen molar-refractivity contribution < 1.29 is 0 Å². The maximum Gasteiger partial charge on any atom is 0.0650 e. The van der Waals surface area contributed by atoms with Crippen molar-refractivity contribution in [3.63, 3.8) is 0 Å². The summed E-state index contributed by atoms with van der Waals surface area (Å²) in [4.78, 5) is 4.04. The van der Waals surface area contributed by atoms with Crippen LogP contribution in [0, 0.1) is 0 Å². The molecule has 0 aliphatic rings. The van der Waals surface area contributed by atoms with Crippen LogP contribution in [0.3, 0.4) is 0 Å². The quantitative estimate of drug-likeness (QED) is 0.756. The molecule has 3 aromatic rings. The standard InChI is InChI=1S/C16H16N4/c1-12(13-6-9-17-10-7-13)19-15-4-2-14(3-5-15)16-8-11-18-20-16/h2-12,19H,1H3,(H,18,20). The SMILES string of the molecule is CC(Nc1ccc(-c2ccn[nH]2)cc1)c1ccncc1. The molecule has 2 N–H and O–H groups in total. The second kappa shape index (κ2) is 5.57. The number of H-pyrrole nitrogens is 1. The molecule has 20 heavy (non-hydrogen) atoms. The van der Waals surface area contributed by atoms with Crippen LogP contribution in [0.2, 0.25) is 0 Å². The average Bonchev–Trinajstić information content (AvgIpc) is 3.03. The Kier molecular flexibility index (Phi) is 3.46. The van der Waals surface area contributed by atoms with Crippen LogP contribution in [-0.2, 0) is 0 Å². The Hall–Kier alpha value is -2.62. The van der Waals surface area contributed by atoms with Crippen LogP contribution in [0.5, 0.6) is 0 Å². The van der Waals surface area contributed by atoms with E-state index in [2.05, 4.69) is 51.7 Å². The third-order valence-corrected chi connectivity index (χ3v) is 3.29. The van der Waals surface area contributed by atoms with Gasteiger partial charge in [0.25, 0.3) is 0 Å². The lowest BCUT2D eigenvalue weighted by atomic mass is 10.1. The van der Waals surface area contributed by atoms with Gasteiger partial charge in [0.1, 0.15) is 0 Å². The zero-order valence-electron chi connectivity index (χ0n) is 11.2. The number of nitrogens with one attached hydrogen (secondary N) is 2. The molecule has 0 bridgehead atoms. The highest BCUT2D eigenvalue weighted by Crippen LogP contribution is 2.22. The predicted molar refractivity (Wildman–Crippen MR) is 80.3 cm³/mol. The lowest BCUT2D eigenvalue weighted by Gasteiger charge is -2.15. The normalized spacial score (nSPS) is 12.1. The molecule has 0 fully saturated rings. The average molecular weight is 264 g/mol. The second-order valence-corrected chi connectivity index (χ2v) is 4.69. The lowest BCUT2D eigenvalue weighted by molar-refractivity contribution is 0.881. The van der Waals surface area contributed by atoms with Crippen LogP contribution in [0.15, 0.2) is 61.1 Å². The van der Waals surface area contributed by atoms with Gasteiger partial charge < -0.3 is 5.32 Å². The van der Waals surface area contributed by atoms with Gasteiger partial charge in [-0.1, -0.05) is 12.1 Å². The number of pyridine rings is 1. The van der Waals surface area contributed by atoms with Crippen LogP contribution in [0.4, 0.5) is 5.69 Å². The summed E-state index contributed by atoms with van der Waals surface area (Å²) in [5, 5.41) is 10.4. The van der Waals surface area contributed by atoms with Crippen molar-refractivity contribution in [2.24, 2.45) is 0 Å². The van der Waals surface area contributed by atoms with E-state index >= 15 is 0 Å². The van der Waals surface area contributed by atoms with E-state index in [9.17, 15) is 0 Å². The van der Waals surface area contributed by atoms with Crippen LogP contribution >= 0.6 is 0 Å². The molecule has 1 unspecified atom stereocenters. The number of nitrogens with zero attached hydrogens (tertiary/aromatic N) is 2. The summed E-state index contributed by atoms with van der Waals surface area (Å²) >= 11 is 0. The van der Waals surface area contributed by atoms with E-state index in [0.29, 0.717) is 0 Å². The number of rotatable bonds is 4. The fourth-order valence-electron chi connectivity index (χ4n) is 2.15. The van der Waals surface area contributed by atoms with Gasteiger partial charge in [0.2, 0.25) is 0 Å². The summed E-state index contributed by atoms with van der Waals surface area (Å²) < 4.78 is 0. The summed E-state index contributed by atoms with van der Waals surface area (Å²) in [6, 6.07) is 14.6. The minimum absolute atomic E-state index is 0.246. The van der Waals surface area contributed by atoms with Crippen molar-refractivity contribution >= 4 is 5.69 Å². The van der Waals surface area contributed by atoms with Gasteiger partial charge in [-0.3, -0.25) is 10.1 Å². The van der Waals surface area contributed by atoms with Crippen LogP contribution < -0.4 is 5.32 Å². The monoisotopic (exact) mass is 264 g/mol. The minimum atomic E-state index is 0.246. The summed E-state index contributed by atoms with van der Waals surface area (Å²) in [5.41, 5.74) is 4.47. The van der Waals surface area contributed by atoms with Gasteiger partial charge in [-0.2, -0.15) is 5.10 Å². The fourth-order valence-corrected chi connectivity index (χ4v) is 2.15. The zero-order valence-corrected chi connectivity index (χ0v) is 11.2. The van der Waals surface area contributed by atoms with Gasteiger partial charge in [0.05, 0.1) is 5.69 Å². The maximum atomic E-state index is 4.04. The first kappa shape index (κ1) is 12.4. The first-order valence-corrected chi connectivity index (χ1v) is 6.59. The molecule has 1 aromatic carbocycles. The largest absolute Gasteiger partial charge is 0.379 e. The minimum Gasteiger partial charge on any atom is -0.379 e. The van der Waals surface area contributed by atoms with Crippen LogP contribution in [0.1, 0.15) is 18.5 Å². The number of aromatic nitrogens is 3. The summed E-state index contributed by atoms with van der Waals surface area (Å²) in [6.07, 6.45) is 5.39.